The maximum atomic E-state index is 12.6. The highest BCUT2D eigenvalue weighted by Gasteiger charge is 2.25. The predicted molar refractivity (Wildman–Crippen MR) is 521 cm³/mol. The van der Waals surface area contributed by atoms with Gasteiger partial charge in [0.1, 0.15) is 47.6 Å². The molecule has 28 nitrogen and oxygen atoms in total. The number of carbonyl (C=O) groups excluding carboxylic acids is 2. The number of aromatic nitrogens is 16. The zero-order chi connectivity index (χ0) is 90.4. The number of benzene rings is 8. The maximum Gasteiger partial charge on any atom is 0.204 e. The number of aromatic hydroxyl groups is 4. The Kier molecular flexibility index (Phi) is 27.9. The molecule has 658 valence electrons. The lowest BCUT2D eigenvalue weighted by molar-refractivity contribution is 0.0994. The number of rotatable bonds is 26. The largest absolute Gasteiger partial charge is 0.506 e. The van der Waals surface area contributed by atoms with Gasteiger partial charge in [0.15, 0.2) is 11.6 Å². The highest BCUT2D eigenvalue weighted by atomic mass is 32.1. The molecule has 131 heavy (non-hydrogen) atoms. The van der Waals surface area contributed by atoms with E-state index in [4.69, 9.17) is 33.9 Å². The number of hydrogen-bond acceptors (Lipinski definition) is 30. The van der Waals surface area contributed by atoms with E-state index < -0.39 is 0 Å². The number of nitrogens with one attached hydrogen (secondary N) is 4. The standard InChI is InChI=1S/C25H23N5O2S.2C24H21N5O2S2.C24H21N5O2S/c1-15(26-13-22(31)17-7-9-18(10-8-17)25-27-29-30-28-25)21-14-33-24(23(21)32)20-11-6-16-4-2-3-5-19(16)12-20;1-14(20-13-33-23(22(20)30)18-6-7-21-17(11-18)8-9-31-21)25-12-19(32)10-15-2-4-16(5-3-15)24-26-28-29-27-24;1-14(20-13-33-23(22(20)30)17-5-6-21-16(11-17)7-8-31-21)25-12-19(32)10-15-3-2-4-18(9-15)24-26-28-29-27-24;1-14(25-12-21(30)16-6-8-17(9-7-16)24-26-28-29-27-24)20-13-32-23(22(20)31)19-10-5-15-3-2-4-18(15)11-19/h6-12,14,32H,2-5,13H2,1H3,(H,27,28,29,30);2-7,11,13,30H,8-10,12H2,1H3,(H,26,27,28,29);2-6,9,11,13,30H,7-8,10,12H2,1H3,(H,26,27,28,29);5-11,13,31H,2-4,12H2,1H3,(H,26,27,28,29). The molecule has 4 aliphatic rings. The number of aliphatic imine (C=N–C) groups is 4. The van der Waals surface area contributed by atoms with E-state index in [-0.39, 0.29) is 47.7 Å². The third-order valence-electron chi connectivity index (χ3n) is 22.9. The van der Waals surface area contributed by atoms with Gasteiger partial charge in [-0.25, -0.2) is 0 Å². The zero-order valence-corrected chi connectivity index (χ0v) is 76.4. The summed E-state index contributed by atoms with van der Waals surface area (Å²) in [4.78, 5) is 48.4. The van der Waals surface area contributed by atoms with Gasteiger partial charge in [0.2, 0.25) is 23.3 Å². The number of ether oxygens (including phenoxy) is 2. The Hall–Kier alpha value is -14.2. The quantitative estimate of drug-likeness (QED) is 0.0142. The average molecular weight is 1850 g/mol. The van der Waals surface area contributed by atoms with E-state index >= 15 is 0 Å². The van der Waals surface area contributed by atoms with Crippen LogP contribution in [-0.4, -0.2) is 186 Å². The molecule has 16 aromatic rings. The molecule has 8 N–H and O–H groups in total. The molecule has 0 atom stereocenters. The summed E-state index contributed by atoms with van der Waals surface area (Å²) in [5.41, 5.74) is 24.3. The van der Waals surface area contributed by atoms with Crippen LogP contribution < -0.4 is 9.47 Å². The van der Waals surface area contributed by atoms with Gasteiger partial charge in [-0.05, 0) is 215 Å². The Labute approximate surface area is 779 Å². The second-order valence-corrected chi connectivity index (χ2v) is 36.2. The van der Waals surface area contributed by atoms with Crippen LogP contribution in [0.1, 0.15) is 134 Å². The van der Waals surface area contributed by atoms with Crippen molar-refractivity contribution in [2.45, 2.75) is 98.3 Å². The lowest BCUT2D eigenvalue weighted by atomic mass is 9.90. The Morgan fingerprint density at radius 1 is 0.351 bits per heavy atom. The molecule has 8 aromatic carbocycles. The number of aryl methyl sites for hydroxylation is 4. The molecule has 0 saturated heterocycles. The third-order valence-corrected chi connectivity index (χ3v) is 27.5. The Morgan fingerprint density at radius 3 is 1.07 bits per heavy atom. The van der Waals surface area contributed by atoms with Crippen LogP contribution in [-0.2, 0) is 51.4 Å². The topological polar surface area (TPSA) is 401 Å². The van der Waals surface area contributed by atoms with E-state index in [1.54, 1.807) is 48.5 Å². The predicted octanol–water partition coefficient (Wildman–Crippen LogP) is 18.7. The molecule has 0 unspecified atom stereocenters. The number of thiophene rings is 4. The van der Waals surface area contributed by atoms with E-state index in [1.807, 2.05) is 122 Å². The van der Waals surface area contributed by atoms with Crippen molar-refractivity contribution in [2.75, 3.05) is 39.4 Å². The second-order valence-electron chi connectivity index (χ2n) is 31.6. The van der Waals surface area contributed by atoms with Crippen molar-refractivity contribution < 1.29 is 39.5 Å². The number of aromatic amines is 4. The lowest BCUT2D eigenvalue weighted by Gasteiger charge is -2.16. The highest BCUT2D eigenvalue weighted by molar-refractivity contribution is 7.80. The van der Waals surface area contributed by atoms with Crippen molar-refractivity contribution >= 4 is 114 Å². The molecule has 0 fully saturated rings. The van der Waals surface area contributed by atoms with Crippen LogP contribution in [0.15, 0.2) is 211 Å². The Morgan fingerprint density at radius 2 is 0.679 bits per heavy atom. The number of thiocarbonyl (C=S) groups is 2. The first-order valence-corrected chi connectivity index (χ1v) is 46.7. The Bertz CT molecular complexity index is 6960. The number of hydrogen-bond donors (Lipinski definition) is 8. The van der Waals surface area contributed by atoms with Gasteiger partial charge in [-0.1, -0.05) is 140 Å². The van der Waals surface area contributed by atoms with Crippen molar-refractivity contribution in [1.82, 2.24) is 82.5 Å². The minimum atomic E-state index is -0.0995. The molecule has 2 aliphatic heterocycles. The van der Waals surface area contributed by atoms with Crippen LogP contribution in [0.3, 0.4) is 0 Å². The van der Waals surface area contributed by atoms with Crippen LogP contribution in [0.2, 0.25) is 0 Å². The molecule has 0 bridgehead atoms. The third kappa shape index (κ3) is 21.1. The normalized spacial score (nSPS) is 13.3. The van der Waals surface area contributed by atoms with Crippen LogP contribution in [0.5, 0.6) is 34.5 Å². The number of H-pyrrole nitrogens is 4. The summed E-state index contributed by atoms with van der Waals surface area (Å²) in [6, 6.07) is 54.9. The van der Waals surface area contributed by atoms with Crippen LogP contribution in [0, 0.1) is 0 Å². The van der Waals surface area contributed by atoms with Crippen molar-refractivity contribution in [1.29, 1.82) is 0 Å². The number of ketones is 2. The molecular formula is C97H86N20O8S6. The van der Waals surface area contributed by atoms with Crippen molar-refractivity contribution in [3.63, 3.8) is 0 Å². The molecule has 10 heterocycles. The van der Waals surface area contributed by atoms with Gasteiger partial charge in [-0.2, -0.15) is 20.9 Å². The molecule has 0 spiro atoms. The molecule has 8 aromatic heterocycles. The summed E-state index contributed by atoms with van der Waals surface area (Å²) in [7, 11) is 0. The average Bonchev–Trinajstić information content (AvgIpc) is 1.65. The van der Waals surface area contributed by atoms with Gasteiger partial charge >= 0.3 is 0 Å². The first kappa shape index (κ1) is 88.8. The molecule has 0 amide bonds. The summed E-state index contributed by atoms with van der Waals surface area (Å²) in [6.45, 7) is 9.75. The van der Waals surface area contributed by atoms with E-state index in [2.05, 4.69) is 151 Å². The maximum absolute atomic E-state index is 12.6. The Balaban J connectivity index is 0.000000122. The van der Waals surface area contributed by atoms with Gasteiger partial charge in [0.05, 0.1) is 45.8 Å². The van der Waals surface area contributed by atoms with E-state index in [0.29, 0.717) is 89.5 Å². The van der Waals surface area contributed by atoms with Gasteiger partial charge in [-0.3, -0.25) is 29.6 Å². The van der Waals surface area contributed by atoms with Crippen molar-refractivity contribution in [3.8, 4) is 122 Å². The fraction of sp³-hybridized carbons (Fsp3) is 0.216. The summed E-state index contributed by atoms with van der Waals surface area (Å²) >= 11 is 17.2. The fourth-order valence-electron chi connectivity index (χ4n) is 15.7. The molecule has 0 radical (unpaired) electrons. The van der Waals surface area contributed by atoms with Gasteiger partial charge in [-0.15, -0.1) is 86.1 Å². The van der Waals surface area contributed by atoms with Crippen molar-refractivity contribution in [3.05, 3.63) is 269 Å². The summed E-state index contributed by atoms with van der Waals surface area (Å²) in [5, 5.41) is 107. The number of nitrogens with zero attached hydrogens (tertiary/aromatic N) is 16. The first-order valence-electron chi connectivity index (χ1n) is 42.3. The van der Waals surface area contributed by atoms with Gasteiger partial charge in [0, 0.05) is 135 Å². The molecule has 2 aliphatic carbocycles. The zero-order valence-electron chi connectivity index (χ0n) is 71.5. The second kappa shape index (κ2) is 41.1. The van der Waals surface area contributed by atoms with E-state index in [1.165, 1.54) is 98.0 Å². The van der Waals surface area contributed by atoms with E-state index in [9.17, 15) is 30.0 Å². The van der Waals surface area contributed by atoms with Gasteiger partial charge in [0.25, 0.3) is 0 Å². The molecule has 34 heteroatoms. The van der Waals surface area contributed by atoms with Crippen LogP contribution in [0.25, 0.3) is 87.3 Å². The highest BCUT2D eigenvalue weighted by Crippen LogP contribution is 2.46. The molecule has 0 saturated carbocycles. The number of carbonyl (C=O) groups is 2. The summed E-state index contributed by atoms with van der Waals surface area (Å²) in [5.74, 6) is 4.73. The minimum Gasteiger partial charge on any atom is -0.506 e. The minimum absolute atomic E-state index is 0.0108. The van der Waals surface area contributed by atoms with E-state index in [0.717, 1.165) is 164 Å². The number of tetrazole rings is 4. The lowest BCUT2D eigenvalue weighted by Crippen LogP contribution is -2.06. The first-order chi connectivity index (χ1) is 63.9. The van der Waals surface area contributed by atoms with Gasteiger partial charge < -0.3 is 29.9 Å². The number of Topliss-reactive ketones (excluding diaryl/α,β-unsaturated/α-hetero) is 2. The molecule has 20 rings (SSSR count). The smallest absolute Gasteiger partial charge is 0.204 e. The SMILES string of the molecule is CC(=NCC(=O)c1ccc(-c2nn[nH]n2)cc1)c1csc(-c2ccc3c(c2)CCC3)c1O.CC(=NCC(=O)c1ccc(-c2nn[nH]n2)cc1)c1csc(-c2ccc3c(c2)CCCC3)c1O.CC(=NCC(=S)Cc1ccc(-c2nn[nH]n2)cc1)c1csc(-c2ccc3c(c2)CCO3)c1O.CC(=NCC(=S)Cc1cccc(-c2nn[nH]n2)c1)c1csc(-c2ccc3c(c2)CCO3)c1O. The van der Waals surface area contributed by atoms with Crippen molar-refractivity contribution in [2.24, 2.45) is 20.0 Å². The van der Waals surface area contributed by atoms with Crippen LogP contribution in [0.4, 0.5) is 0 Å². The number of fused-ring (bicyclic) bond motifs is 4. The fourth-order valence-corrected chi connectivity index (χ4v) is 20.2. The summed E-state index contributed by atoms with van der Waals surface area (Å²) < 4.78 is 11.2. The van der Waals surface area contributed by atoms with Crippen LogP contribution >= 0.6 is 69.8 Å². The summed E-state index contributed by atoms with van der Waals surface area (Å²) in [6.07, 6.45) is 11.2. The molecular weight excluding hydrogens is 1770 g/mol. The monoisotopic (exact) mass is 1850 g/mol.